The van der Waals surface area contributed by atoms with Crippen molar-refractivity contribution < 1.29 is 9.53 Å². The molecule has 130 valence electrons. The summed E-state index contributed by atoms with van der Waals surface area (Å²) in [6.45, 7) is 11.0. The lowest BCUT2D eigenvalue weighted by molar-refractivity contribution is -0.0948. The van der Waals surface area contributed by atoms with E-state index in [1.165, 1.54) is 0 Å². The van der Waals surface area contributed by atoms with Gasteiger partial charge in [-0.2, -0.15) is 0 Å². The van der Waals surface area contributed by atoms with E-state index in [4.69, 9.17) is 4.74 Å². The Labute approximate surface area is 147 Å². The average molecular weight is 346 g/mol. The van der Waals surface area contributed by atoms with Gasteiger partial charge in [-0.25, -0.2) is 0 Å². The summed E-state index contributed by atoms with van der Waals surface area (Å²) in [5, 5.41) is 6.11. The molecule has 0 bridgehead atoms. The highest BCUT2D eigenvalue weighted by Crippen LogP contribution is 2.26. The molecule has 1 aromatic heterocycles. The summed E-state index contributed by atoms with van der Waals surface area (Å²) in [7, 11) is 0. The van der Waals surface area contributed by atoms with Gasteiger partial charge in [0, 0.05) is 40.6 Å². The van der Waals surface area contributed by atoms with Crippen molar-refractivity contribution in [3.8, 4) is 0 Å². The van der Waals surface area contributed by atoms with Crippen LogP contribution in [0.3, 0.4) is 0 Å². The highest BCUT2D eigenvalue weighted by atomic mass is 32.1. The Bertz CT molecular complexity index is 715. The predicted octanol–water partition coefficient (Wildman–Crippen LogP) is 3.52. The van der Waals surface area contributed by atoms with Gasteiger partial charge in [0.25, 0.3) is 5.91 Å². The molecule has 3 rings (SSSR count). The summed E-state index contributed by atoms with van der Waals surface area (Å²) in [6.07, 6.45) is 0.453. The van der Waals surface area contributed by atoms with Gasteiger partial charge in [-0.1, -0.05) is 18.2 Å². The van der Waals surface area contributed by atoms with Crippen molar-refractivity contribution >= 4 is 27.3 Å². The van der Waals surface area contributed by atoms with Crippen LogP contribution in [0, 0.1) is 0 Å². The number of carbonyl (C=O) groups excluding carboxylic acids is 1. The third-order valence-electron chi connectivity index (χ3n) is 4.68. The second-order valence-electron chi connectivity index (χ2n) is 7.30. The zero-order valence-electron chi connectivity index (χ0n) is 14.8. The number of carbonyl (C=O) groups is 1. The smallest absolute Gasteiger partial charge is 0.252 e. The molecular formula is C19H26N2O2S. The van der Waals surface area contributed by atoms with Gasteiger partial charge in [0.15, 0.2) is 0 Å². The van der Waals surface area contributed by atoms with Crippen LogP contribution >= 0.6 is 11.3 Å². The first-order chi connectivity index (χ1) is 11.4. The van der Waals surface area contributed by atoms with E-state index in [1.54, 1.807) is 11.3 Å². The monoisotopic (exact) mass is 346 g/mol. The standard InChI is InChI=1S/C19H26N2O2S/c1-13-9-21(10-14(2)23-13)19(3,4)12-20-18(22)16-11-24-17-8-6-5-7-15(16)17/h5-8,11,13-14H,9-10,12H2,1-4H3,(H,20,22). The maximum absolute atomic E-state index is 12.6. The van der Waals surface area contributed by atoms with Crippen LogP contribution in [0.5, 0.6) is 0 Å². The first kappa shape index (κ1) is 17.4. The lowest BCUT2D eigenvalue weighted by atomic mass is 10.00. The summed E-state index contributed by atoms with van der Waals surface area (Å²) >= 11 is 1.62. The van der Waals surface area contributed by atoms with E-state index >= 15 is 0 Å². The van der Waals surface area contributed by atoms with E-state index in [9.17, 15) is 4.79 Å². The normalized spacial score (nSPS) is 22.7. The average Bonchev–Trinajstić information content (AvgIpc) is 2.96. The molecule has 2 atom stereocenters. The highest BCUT2D eigenvalue weighted by Gasteiger charge is 2.33. The molecule has 1 aliphatic rings. The molecule has 2 unspecified atom stereocenters. The van der Waals surface area contributed by atoms with E-state index in [0.29, 0.717) is 6.54 Å². The Balaban J connectivity index is 1.66. The number of rotatable bonds is 4. The number of ether oxygens (including phenoxy) is 1. The van der Waals surface area contributed by atoms with E-state index in [-0.39, 0.29) is 23.7 Å². The zero-order valence-corrected chi connectivity index (χ0v) is 15.7. The van der Waals surface area contributed by atoms with Crippen LogP contribution in [0.4, 0.5) is 0 Å². The van der Waals surface area contributed by atoms with Crippen LogP contribution in [-0.2, 0) is 4.74 Å². The summed E-state index contributed by atoms with van der Waals surface area (Å²) in [5.41, 5.74) is 0.670. The van der Waals surface area contributed by atoms with Crippen LogP contribution in [0.25, 0.3) is 10.1 Å². The van der Waals surface area contributed by atoms with Gasteiger partial charge in [0.1, 0.15) is 0 Å². The van der Waals surface area contributed by atoms with Crippen LogP contribution in [0.2, 0.25) is 0 Å². The van der Waals surface area contributed by atoms with Gasteiger partial charge >= 0.3 is 0 Å². The van der Waals surface area contributed by atoms with Gasteiger partial charge in [0.2, 0.25) is 0 Å². The summed E-state index contributed by atoms with van der Waals surface area (Å²) < 4.78 is 6.97. The zero-order chi connectivity index (χ0) is 17.3. The Morgan fingerprint density at radius 3 is 2.67 bits per heavy atom. The molecule has 1 fully saturated rings. The molecular weight excluding hydrogens is 320 g/mol. The fourth-order valence-corrected chi connectivity index (χ4v) is 4.27. The van der Waals surface area contributed by atoms with Crippen molar-refractivity contribution in [1.29, 1.82) is 0 Å². The van der Waals surface area contributed by atoms with Crippen LogP contribution < -0.4 is 5.32 Å². The van der Waals surface area contributed by atoms with Gasteiger partial charge < -0.3 is 10.1 Å². The van der Waals surface area contributed by atoms with Crippen molar-refractivity contribution in [2.45, 2.75) is 45.4 Å². The number of fused-ring (bicyclic) bond motifs is 1. The molecule has 0 radical (unpaired) electrons. The number of hydrogen-bond donors (Lipinski definition) is 1. The topological polar surface area (TPSA) is 41.6 Å². The third-order valence-corrected chi connectivity index (χ3v) is 5.65. The van der Waals surface area contributed by atoms with Crippen molar-refractivity contribution in [2.24, 2.45) is 0 Å². The van der Waals surface area contributed by atoms with Crippen LogP contribution in [0.1, 0.15) is 38.1 Å². The quantitative estimate of drug-likeness (QED) is 0.921. The minimum absolute atomic E-state index is 0.00915. The first-order valence-electron chi connectivity index (χ1n) is 8.52. The fraction of sp³-hybridized carbons (Fsp3) is 0.526. The minimum atomic E-state index is -0.103. The van der Waals surface area contributed by atoms with E-state index in [0.717, 1.165) is 28.7 Å². The van der Waals surface area contributed by atoms with Crippen molar-refractivity contribution in [1.82, 2.24) is 10.2 Å². The molecule has 1 amide bonds. The maximum atomic E-state index is 12.6. The lowest BCUT2D eigenvalue weighted by Gasteiger charge is -2.45. The summed E-state index contributed by atoms with van der Waals surface area (Å²) in [6, 6.07) is 8.05. The molecule has 5 heteroatoms. The van der Waals surface area contributed by atoms with E-state index in [1.807, 2.05) is 23.6 Å². The molecule has 24 heavy (non-hydrogen) atoms. The van der Waals surface area contributed by atoms with Crippen molar-refractivity contribution in [2.75, 3.05) is 19.6 Å². The Hall–Kier alpha value is -1.43. The number of nitrogens with one attached hydrogen (secondary N) is 1. The third kappa shape index (κ3) is 3.63. The van der Waals surface area contributed by atoms with Gasteiger partial charge in [0.05, 0.1) is 17.8 Å². The molecule has 0 saturated carbocycles. The van der Waals surface area contributed by atoms with Crippen LogP contribution in [0.15, 0.2) is 29.6 Å². The second kappa shape index (κ2) is 6.82. The molecule has 1 N–H and O–H groups in total. The Morgan fingerprint density at radius 2 is 1.96 bits per heavy atom. The number of nitrogens with zero attached hydrogens (tertiary/aromatic N) is 1. The number of morpholine rings is 1. The summed E-state index contributed by atoms with van der Waals surface area (Å²) in [5.74, 6) is 0.00915. The van der Waals surface area contributed by atoms with Crippen molar-refractivity contribution in [3.63, 3.8) is 0 Å². The van der Waals surface area contributed by atoms with Crippen molar-refractivity contribution in [3.05, 3.63) is 35.2 Å². The number of hydrogen-bond acceptors (Lipinski definition) is 4. The fourth-order valence-electron chi connectivity index (χ4n) is 3.33. The molecule has 0 aliphatic carbocycles. The number of amides is 1. The molecule has 1 saturated heterocycles. The number of benzene rings is 1. The Morgan fingerprint density at radius 1 is 1.29 bits per heavy atom. The number of thiophene rings is 1. The van der Waals surface area contributed by atoms with Gasteiger partial charge in [-0.05, 0) is 33.8 Å². The largest absolute Gasteiger partial charge is 0.373 e. The Kier molecular flexibility index (Phi) is 4.95. The maximum Gasteiger partial charge on any atom is 0.252 e. The SMILES string of the molecule is CC1CN(C(C)(C)CNC(=O)c2csc3ccccc23)CC(C)O1. The molecule has 1 aromatic carbocycles. The lowest BCUT2D eigenvalue weighted by Crippen LogP contribution is -2.58. The predicted molar refractivity (Wildman–Crippen MR) is 99.8 cm³/mol. The second-order valence-corrected chi connectivity index (χ2v) is 8.21. The van der Waals surface area contributed by atoms with E-state index in [2.05, 4.69) is 44.0 Å². The molecule has 4 nitrogen and oxygen atoms in total. The first-order valence-corrected chi connectivity index (χ1v) is 9.40. The van der Waals surface area contributed by atoms with Gasteiger partial charge in [-0.3, -0.25) is 9.69 Å². The highest BCUT2D eigenvalue weighted by molar-refractivity contribution is 7.17. The van der Waals surface area contributed by atoms with E-state index < -0.39 is 0 Å². The van der Waals surface area contributed by atoms with Gasteiger partial charge in [-0.15, -0.1) is 11.3 Å². The molecule has 2 heterocycles. The molecule has 2 aromatic rings. The molecule has 0 spiro atoms. The molecule has 1 aliphatic heterocycles. The van der Waals surface area contributed by atoms with Crippen LogP contribution in [-0.4, -0.2) is 48.2 Å². The minimum Gasteiger partial charge on any atom is -0.373 e. The summed E-state index contributed by atoms with van der Waals surface area (Å²) in [4.78, 5) is 15.0.